The summed E-state index contributed by atoms with van der Waals surface area (Å²) >= 11 is 3.12. The van der Waals surface area contributed by atoms with Gasteiger partial charge in [-0.25, -0.2) is 0 Å². The van der Waals surface area contributed by atoms with Crippen molar-refractivity contribution < 1.29 is 17.7 Å². The van der Waals surface area contributed by atoms with Crippen LogP contribution in [0.5, 0.6) is 11.5 Å². The van der Waals surface area contributed by atoms with Crippen LogP contribution in [0.4, 0.5) is 0 Å². The Morgan fingerprint density at radius 2 is 2.00 bits per heavy atom. The Labute approximate surface area is 82.7 Å². The van der Waals surface area contributed by atoms with Gasteiger partial charge in [0, 0.05) is 4.47 Å². The van der Waals surface area contributed by atoms with E-state index in [2.05, 4.69) is 25.4 Å². The molecule has 0 aliphatic rings. The van der Waals surface area contributed by atoms with E-state index in [4.69, 9.17) is 8.22 Å². The van der Waals surface area contributed by atoms with E-state index in [1.54, 1.807) is 0 Å². The van der Waals surface area contributed by atoms with E-state index < -0.39 is 14.1 Å². The quantitative estimate of drug-likeness (QED) is 0.766. The van der Waals surface area contributed by atoms with Gasteiger partial charge in [-0.05, 0) is 18.2 Å². The smallest absolute Gasteiger partial charge is 0.161 e. The molecule has 60 valence electrons. The van der Waals surface area contributed by atoms with Crippen LogP contribution in [0.1, 0.15) is 8.22 Å². The van der Waals surface area contributed by atoms with Gasteiger partial charge < -0.3 is 9.47 Å². The highest BCUT2D eigenvalue weighted by Gasteiger charge is 2.01. The first kappa shape index (κ1) is 3.35. The number of methoxy groups -OCH3 is 2. The van der Waals surface area contributed by atoms with Gasteiger partial charge in [-0.1, -0.05) is 15.9 Å². The largest absolute Gasteiger partial charge is 0.493 e. The van der Waals surface area contributed by atoms with Crippen LogP contribution in [-0.2, 0) is 0 Å². The lowest BCUT2D eigenvalue weighted by Gasteiger charge is -2.06. The van der Waals surface area contributed by atoms with Gasteiger partial charge in [0.2, 0.25) is 0 Å². The lowest BCUT2D eigenvalue weighted by Crippen LogP contribution is -1.89. The topological polar surface area (TPSA) is 18.5 Å². The van der Waals surface area contributed by atoms with Crippen LogP contribution in [0.15, 0.2) is 22.7 Å². The molecule has 0 atom stereocenters. The average Bonchev–Trinajstić information content (AvgIpc) is 2.05. The van der Waals surface area contributed by atoms with Gasteiger partial charge in [0.15, 0.2) is 11.5 Å². The minimum absolute atomic E-state index is 0.149. The molecule has 0 fully saturated rings. The van der Waals surface area contributed by atoms with Crippen molar-refractivity contribution in [2.45, 2.75) is 0 Å². The second-order valence-corrected chi connectivity index (χ2v) is 2.71. The molecular weight excluding hydrogens is 208 g/mol. The first-order chi connectivity index (χ1) is 7.57. The Morgan fingerprint density at radius 3 is 2.73 bits per heavy atom. The summed E-state index contributed by atoms with van der Waals surface area (Å²) < 4.78 is 51.6. The van der Waals surface area contributed by atoms with Gasteiger partial charge in [-0.15, -0.1) is 0 Å². The van der Waals surface area contributed by atoms with Gasteiger partial charge in [0.05, 0.1) is 22.3 Å². The predicted octanol–water partition coefficient (Wildman–Crippen LogP) is 2.47. The molecule has 1 aromatic carbocycles. The molecule has 0 unspecified atom stereocenters. The van der Waals surface area contributed by atoms with Crippen molar-refractivity contribution in [3.63, 3.8) is 0 Å². The highest BCUT2D eigenvalue weighted by molar-refractivity contribution is 9.10. The van der Waals surface area contributed by atoms with Crippen molar-refractivity contribution in [2.75, 3.05) is 14.1 Å². The first-order valence-corrected chi connectivity index (χ1v) is 3.54. The Kier molecular flexibility index (Phi) is 1.10. The van der Waals surface area contributed by atoms with Crippen LogP contribution in [0.3, 0.4) is 0 Å². The Morgan fingerprint density at radius 1 is 1.27 bits per heavy atom. The van der Waals surface area contributed by atoms with Crippen molar-refractivity contribution in [3.8, 4) is 11.5 Å². The van der Waals surface area contributed by atoms with Crippen LogP contribution in [0.2, 0.25) is 0 Å². The van der Waals surface area contributed by atoms with E-state index in [1.807, 2.05) is 0 Å². The van der Waals surface area contributed by atoms with E-state index >= 15 is 0 Å². The average molecular weight is 223 g/mol. The molecule has 11 heavy (non-hydrogen) atoms. The van der Waals surface area contributed by atoms with Crippen LogP contribution >= 0.6 is 15.9 Å². The third-order valence-electron chi connectivity index (χ3n) is 1.13. The van der Waals surface area contributed by atoms with E-state index in [0.717, 1.165) is 0 Å². The molecule has 0 aliphatic carbocycles. The normalized spacial score (nSPS) is 19.7. The van der Waals surface area contributed by atoms with Crippen molar-refractivity contribution in [1.29, 1.82) is 0 Å². The zero-order valence-corrected chi connectivity index (χ0v) is 7.01. The van der Waals surface area contributed by atoms with Crippen LogP contribution in [0.25, 0.3) is 0 Å². The molecule has 0 N–H and O–H groups in total. The van der Waals surface area contributed by atoms with E-state index in [1.165, 1.54) is 18.2 Å². The Bertz CT molecular complexity index is 400. The summed E-state index contributed by atoms with van der Waals surface area (Å²) in [4.78, 5) is 0. The molecule has 0 spiro atoms. The fourth-order valence-electron chi connectivity index (χ4n) is 0.646. The second kappa shape index (κ2) is 3.62. The van der Waals surface area contributed by atoms with Crippen molar-refractivity contribution >= 4 is 15.9 Å². The van der Waals surface area contributed by atoms with Crippen LogP contribution < -0.4 is 9.47 Å². The Balaban J connectivity index is 3.04. The summed E-state index contributed by atoms with van der Waals surface area (Å²) in [5, 5.41) is 0. The monoisotopic (exact) mass is 222 g/mol. The molecule has 1 rings (SSSR count). The molecule has 0 heterocycles. The van der Waals surface area contributed by atoms with Gasteiger partial charge in [0.25, 0.3) is 0 Å². The predicted molar refractivity (Wildman–Crippen MR) is 47.2 cm³/mol. The van der Waals surface area contributed by atoms with Gasteiger partial charge >= 0.3 is 0 Å². The fraction of sp³-hybridized carbons (Fsp3) is 0.250. The van der Waals surface area contributed by atoms with E-state index in [9.17, 15) is 0 Å². The summed E-state index contributed by atoms with van der Waals surface area (Å²) in [5.74, 6) is -0.306. The van der Waals surface area contributed by atoms with Gasteiger partial charge in [0.1, 0.15) is 0 Å². The lowest BCUT2D eigenvalue weighted by molar-refractivity contribution is 0.354. The van der Waals surface area contributed by atoms with E-state index in [0.29, 0.717) is 4.47 Å². The molecule has 0 bridgehead atoms. The van der Waals surface area contributed by atoms with Crippen LogP contribution in [0, 0.1) is 0 Å². The number of halogens is 1. The number of rotatable bonds is 2. The highest BCUT2D eigenvalue weighted by atomic mass is 79.9. The molecule has 0 saturated carbocycles. The Hall–Kier alpha value is -0.700. The minimum atomic E-state index is -2.67. The van der Waals surface area contributed by atoms with Gasteiger partial charge in [-0.2, -0.15) is 0 Å². The maximum Gasteiger partial charge on any atom is 0.161 e. The van der Waals surface area contributed by atoms with Gasteiger partial charge in [-0.3, -0.25) is 0 Å². The second-order valence-electron chi connectivity index (χ2n) is 1.80. The molecule has 0 amide bonds. The molecule has 0 saturated heterocycles. The first-order valence-electron chi connectivity index (χ1n) is 5.74. The molecule has 0 radical (unpaired) electrons. The molecular formula is C8H9BrO2. The minimum Gasteiger partial charge on any atom is -0.493 e. The lowest BCUT2D eigenvalue weighted by atomic mass is 10.3. The summed E-state index contributed by atoms with van der Waals surface area (Å²) in [6, 6.07) is 4.17. The standard InChI is InChI=1S/C8H9BrO2/c1-10-7-4-3-6(9)5-8(7)11-2/h3-5H,1-2H3/i1D3,2D3. The molecule has 0 aromatic heterocycles. The molecule has 2 nitrogen and oxygen atoms in total. The summed E-state index contributed by atoms with van der Waals surface area (Å²) in [5.41, 5.74) is 0. The van der Waals surface area contributed by atoms with E-state index in [-0.39, 0.29) is 11.5 Å². The summed E-state index contributed by atoms with van der Waals surface area (Å²) in [7, 11) is -5.34. The number of hydrogen-bond donors (Lipinski definition) is 0. The maximum atomic E-state index is 6.97. The fourth-order valence-corrected chi connectivity index (χ4v) is 0.986. The molecule has 1 aromatic rings. The zero-order chi connectivity index (χ0) is 13.3. The molecule has 0 aliphatic heterocycles. The third kappa shape index (κ3) is 1.87. The third-order valence-corrected chi connectivity index (χ3v) is 1.62. The zero-order valence-electron chi connectivity index (χ0n) is 11.4. The highest BCUT2D eigenvalue weighted by Crippen LogP contribution is 2.29. The van der Waals surface area contributed by atoms with Crippen molar-refractivity contribution in [1.82, 2.24) is 0 Å². The summed E-state index contributed by atoms with van der Waals surface area (Å²) in [6.07, 6.45) is 0. The molecule has 3 heteroatoms. The van der Waals surface area contributed by atoms with Crippen LogP contribution in [-0.4, -0.2) is 14.1 Å². The van der Waals surface area contributed by atoms with Crippen molar-refractivity contribution in [3.05, 3.63) is 22.7 Å². The number of ether oxygens (including phenoxy) is 2. The summed E-state index contributed by atoms with van der Waals surface area (Å²) in [6.45, 7) is 0. The maximum absolute atomic E-state index is 6.97. The number of hydrogen-bond acceptors (Lipinski definition) is 2. The SMILES string of the molecule is [2H]C([2H])([2H])Oc1ccc(Br)cc1OC([2H])([2H])[2H]. The number of benzene rings is 1. The van der Waals surface area contributed by atoms with Crippen molar-refractivity contribution in [2.24, 2.45) is 0 Å².